The van der Waals surface area contributed by atoms with Gasteiger partial charge in [-0.1, -0.05) is 6.92 Å². The molecule has 0 saturated carbocycles. The predicted molar refractivity (Wildman–Crippen MR) is 66.3 cm³/mol. The second-order valence-electron chi connectivity index (χ2n) is 4.28. The first-order chi connectivity index (χ1) is 7.95. The highest BCUT2D eigenvalue weighted by Gasteiger charge is 2.26. The molecule has 5 heteroatoms. The number of nitrogens with two attached hydrogens (primary N) is 2. The van der Waals surface area contributed by atoms with Gasteiger partial charge in [0, 0.05) is 6.04 Å². The lowest BCUT2D eigenvalue weighted by Gasteiger charge is -2.30. The molecule has 0 saturated heterocycles. The highest BCUT2D eigenvalue weighted by atomic mass is 16.3. The van der Waals surface area contributed by atoms with Crippen molar-refractivity contribution in [3.05, 3.63) is 23.7 Å². The lowest BCUT2D eigenvalue weighted by Crippen LogP contribution is -2.43. The summed E-state index contributed by atoms with van der Waals surface area (Å²) in [7, 11) is 0. The van der Waals surface area contributed by atoms with Crippen LogP contribution in [0.1, 0.15) is 31.4 Å². The average Bonchev–Trinajstić information content (AvgIpc) is 2.62. The number of rotatable bonds is 6. The van der Waals surface area contributed by atoms with Gasteiger partial charge in [-0.05, 0) is 32.5 Å². The zero-order valence-corrected chi connectivity index (χ0v) is 10.6. The van der Waals surface area contributed by atoms with Gasteiger partial charge in [-0.15, -0.1) is 0 Å². The van der Waals surface area contributed by atoms with E-state index in [0.717, 1.165) is 11.5 Å². The van der Waals surface area contributed by atoms with E-state index in [2.05, 4.69) is 0 Å². The maximum atomic E-state index is 11.0. The lowest BCUT2D eigenvalue weighted by molar-refractivity contribution is -0.119. The van der Waals surface area contributed by atoms with Crippen LogP contribution in [0.4, 0.5) is 0 Å². The number of aryl methyl sites for hydroxylation is 1. The van der Waals surface area contributed by atoms with Gasteiger partial charge in [-0.2, -0.15) is 0 Å². The SMILES string of the molecule is CCN(CC(N)=O)C(c1ccc(C)o1)C(C)N. The number of furan rings is 1. The Hall–Kier alpha value is -1.33. The molecule has 1 heterocycles. The molecule has 1 amide bonds. The monoisotopic (exact) mass is 239 g/mol. The number of likely N-dealkylation sites (N-methyl/N-ethyl adjacent to an activating group) is 1. The Labute approximate surface area is 102 Å². The Kier molecular flexibility index (Phi) is 4.72. The van der Waals surface area contributed by atoms with Gasteiger partial charge in [-0.25, -0.2) is 0 Å². The van der Waals surface area contributed by atoms with Crippen molar-refractivity contribution >= 4 is 5.91 Å². The van der Waals surface area contributed by atoms with Crippen LogP contribution < -0.4 is 11.5 Å². The minimum atomic E-state index is -0.360. The number of nitrogens with zero attached hydrogens (tertiary/aromatic N) is 1. The normalized spacial score (nSPS) is 14.9. The molecule has 2 atom stereocenters. The van der Waals surface area contributed by atoms with Crippen LogP contribution >= 0.6 is 0 Å². The summed E-state index contributed by atoms with van der Waals surface area (Å²) in [4.78, 5) is 13.0. The van der Waals surface area contributed by atoms with E-state index in [0.29, 0.717) is 6.54 Å². The van der Waals surface area contributed by atoms with Crippen LogP contribution in [0.2, 0.25) is 0 Å². The number of carbonyl (C=O) groups excluding carboxylic acids is 1. The van der Waals surface area contributed by atoms with Crippen molar-refractivity contribution in [1.82, 2.24) is 4.90 Å². The van der Waals surface area contributed by atoms with Crippen LogP contribution in [0.3, 0.4) is 0 Å². The van der Waals surface area contributed by atoms with Crippen LogP contribution in [-0.4, -0.2) is 29.9 Å². The van der Waals surface area contributed by atoms with Gasteiger partial charge >= 0.3 is 0 Å². The molecule has 0 radical (unpaired) electrons. The fourth-order valence-corrected chi connectivity index (χ4v) is 1.99. The summed E-state index contributed by atoms with van der Waals surface area (Å²) >= 11 is 0. The summed E-state index contributed by atoms with van der Waals surface area (Å²) in [5, 5.41) is 0. The zero-order chi connectivity index (χ0) is 13.0. The topological polar surface area (TPSA) is 85.5 Å². The van der Waals surface area contributed by atoms with Gasteiger partial charge in [0.05, 0.1) is 12.6 Å². The van der Waals surface area contributed by atoms with E-state index >= 15 is 0 Å². The van der Waals surface area contributed by atoms with Crippen molar-refractivity contribution in [2.45, 2.75) is 32.9 Å². The quantitative estimate of drug-likeness (QED) is 0.768. The van der Waals surface area contributed by atoms with Gasteiger partial charge in [0.25, 0.3) is 0 Å². The molecule has 0 fully saturated rings. The van der Waals surface area contributed by atoms with Crippen molar-refractivity contribution in [2.24, 2.45) is 11.5 Å². The average molecular weight is 239 g/mol. The fraction of sp³-hybridized carbons (Fsp3) is 0.583. The highest BCUT2D eigenvalue weighted by molar-refractivity contribution is 5.76. The van der Waals surface area contributed by atoms with Gasteiger partial charge < -0.3 is 15.9 Å². The molecule has 0 spiro atoms. The first kappa shape index (κ1) is 13.7. The van der Waals surface area contributed by atoms with Crippen LogP contribution in [0.25, 0.3) is 0 Å². The van der Waals surface area contributed by atoms with Gasteiger partial charge in [-0.3, -0.25) is 9.69 Å². The largest absolute Gasteiger partial charge is 0.465 e. The number of carbonyl (C=O) groups is 1. The summed E-state index contributed by atoms with van der Waals surface area (Å²) in [5.74, 6) is 1.25. The lowest BCUT2D eigenvalue weighted by atomic mass is 10.1. The van der Waals surface area contributed by atoms with Crippen LogP contribution in [0, 0.1) is 6.92 Å². The fourth-order valence-electron chi connectivity index (χ4n) is 1.99. The molecule has 0 aliphatic rings. The maximum Gasteiger partial charge on any atom is 0.231 e. The molecule has 0 aliphatic carbocycles. The van der Waals surface area contributed by atoms with Crippen LogP contribution in [0.5, 0.6) is 0 Å². The number of amides is 1. The van der Waals surface area contributed by atoms with E-state index < -0.39 is 0 Å². The third kappa shape index (κ3) is 3.57. The van der Waals surface area contributed by atoms with Crippen molar-refractivity contribution < 1.29 is 9.21 Å². The molecule has 96 valence electrons. The summed E-state index contributed by atoms with van der Waals surface area (Å²) in [6.07, 6.45) is 0. The molecule has 1 aromatic rings. The van der Waals surface area contributed by atoms with E-state index in [4.69, 9.17) is 15.9 Å². The maximum absolute atomic E-state index is 11.0. The molecular formula is C12H21N3O2. The number of primary amides is 1. The Bertz CT molecular complexity index is 374. The van der Waals surface area contributed by atoms with Crippen molar-refractivity contribution in [3.63, 3.8) is 0 Å². The standard InChI is InChI=1S/C12H21N3O2/c1-4-15(7-11(14)16)12(9(3)13)10-6-5-8(2)17-10/h5-6,9,12H,4,7,13H2,1-3H3,(H2,14,16). The highest BCUT2D eigenvalue weighted by Crippen LogP contribution is 2.24. The number of hydrogen-bond donors (Lipinski definition) is 2. The van der Waals surface area contributed by atoms with E-state index in [1.54, 1.807) is 0 Å². The predicted octanol–water partition coefficient (Wildman–Crippen LogP) is 0.784. The minimum Gasteiger partial charge on any atom is -0.465 e. The summed E-state index contributed by atoms with van der Waals surface area (Å²) in [5.41, 5.74) is 11.2. The smallest absolute Gasteiger partial charge is 0.231 e. The third-order valence-electron chi connectivity index (χ3n) is 2.71. The van der Waals surface area contributed by atoms with Crippen LogP contribution in [-0.2, 0) is 4.79 Å². The molecule has 17 heavy (non-hydrogen) atoms. The molecule has 5 nitrogen and oxygen atoms in total. The Morgan fingerprint density at radius 3 is 2.53 bits per heavy atom. The number of hydrogen-bond acceptors (Lipinski definition) is 4. The third-order valence-corrected chi connectivity index (χ3v) is 2.71. The van der Waals surface area contributed by atoms with E-state index in [-0.39, 0.29) is 24.5 Å². The molecule has 1 rings (SSSR count). The van der Waals surface area contributed by atoms with E-state index in [1.807, 2.05) is 37.8 Å². The molecule has 0 aromatic carbocycles. The minimum absolute atomic E-state index is 0.124. The Morgan fingerprint density at radius 2 is 2.18 bits per heavy atom. The van der Waals surface area contributed by atoms with E-state index in [1.165, 1.54) is 0 Å². The Morgan fingerprint density at radius 1 is 1.53 bits per heavy atom. The Balaban J connectivity index is 2.94. The first-order valence-electron chi connectivity index (χ1n) is 5.80. The van der Waals surface area contributed by atoms with Crippen molar-refractivity contribution in [2.75, 3.05) is 13.1 Å². The first-order valence-corrected chi connectivity index (χ1v) is 5.80. The summed E-state index contributed by atoms with van der Waals surface area (Å²) in [6.45, 7) is 6.61. The molecule has 0 aliphatic heterocycles. The second-order valence-corrected chi connectivity index (χ2v) is 4.28. The van der Waals surface area contributed by atoms with E-state index in [9.17, 15) is 4.79 Å². The van der Waals surface area contributed by atoms with Gasteiger partial charge in [0.2, 0.25) is 5.91 Å². The molecule has 2 unspecified atom stereocenters. The summed E-state index contributed by atoms with van der Waals surface area (Å²) < 4.78 is 5.60. The molecule has 4 N–H and O–H groups in total. The van der Waals surface area contributed by atoms with Crippen LogP contribution in [0.15, 0.2) is 16.5 Å². The zero-order valence-electron chi connectivity index (χ0n) is 10.6. The second kappa shape index (κ2) is 5.84. The van der Waals surface area contributed by atoms with Crippen molar-refractivity contribution in [3.8, 4) is 0 Å². The summed E-state index contributed by atoms with van der Waals surface area (Å²) in [6, 6.07) is 3.52. The molecule has 0 bridgehead atoms. The van der Waals surface area contributed by atoms with Gasteiger partial charge in [0.1, 0.15) is 11.5 Å². The van der Waals surface area contributed by atoms with Gasteiger partial charge in [0.15, 0.2) is 0 Å². The van der Waals surface area contributed by atoms with Crippen molar-refractivity contribution in [1.29, 1.82) is 0 Å². The molecular weight excluding hydrogens is 218 g/mol. The molecule has 1 aromatic heterocycles.